The first kappa shape index (κ1) is 14.3. The van der Waals surface area contributed by atoms with E-state index in [2.05, 4.69) is 20.7 Å². The van der Waals surface area contributed by atoms with Gasteiger partial charge in [0.25, 0.3) is 5.90 Å². The molecular formula is C12H15N3O4S. The third-order valence-corrected chi connectivity index (χ3v) is 3.44. The molecule has 0 fully saturated rings. The zero-order valence-electron chi connectivity index (χ0n) is 11.4. The lowest BCUT2D eigenvalue weighted by Gasteiger charge is -2.11. The van der Waals surface area contributed by atoms with E-state index in [1.165, 1.54) is 7.11 Å². The number of hydrogen-bond acceptors (Lipinski definition) is 5. The van der Waals surface area contributed by atoms with Crippen molar-refractivity contribution in [3.8, 4) is 0 Å². The van der Waals surface area contributed by atoms with Crippen LogP contribution in [0.15, 0.2) is 38.1 Å². The summed E-state index contributed by atoms with van der Waals surface area (Å²) in [7, 11) is -2.46. The van der Waals surface area contributed by atoms with Crippen LogP contribution in [0.25, 0.3) is 0 Å². The number of nitrogens with one attached hydrogen (secondary N) is 1. The molecule has 2 heterocycles. The third kappa shape index (κ3) is 2.90. The Morgan fingerprint density at radius 1 is 1.55 bits per heavy atom. The van der Waals surface area contributed by atoms with Crippen LogP contribution in [0.1, 0.15) is 24.5 Å². The van der Waals surface area contributed by atoms with Gasteiger partial charge < -0.3 is 9.15 Å². The summed E-state index contributed by atoms with van der Waals surface area (Å²) < 4.78 is 38.8. The molecule has 1 atom stereocenters. The highest BCUT2D eigenvalue weighted by atomic mass is 32.2. The number of aryl methyl sites for hydroxylation is 1. The van der Waals surface area contributed by atoms with E-state index in [4.69, 9.17) is 9.15 Å². The van der Waals surface area contributed by atoms with E-state index in [-0.39, 0.29) is 11.7 Å². The Hall–Kier alpha value is -2.09. The van der Waals surface area contributed by atoms with Crippen LogP contribution in [-0.4, -0.2) is 27.3 Å². The minimum atomic E-state index is -3.78. The first-order valence-corrected chi connectivity index (χ1v) is 7.23. The highest BCUT2D eigenvalue weighted by molar-refractivity contribution is 7.89. The maximum Gasteiger partial charge on any atom is 0.347 e. The molecule has 0 spiro atoms. The minimum Gasteiger partial charge on any atom is -0.478 e. The molecule has 1 aliphatic rings. The Labute approximate surface area is 117 Å². The molecular weight excluding hydrogens is 282 g/mol. The van der Waals surface area contributed by atoms with Crippen molar-refractivity contribution < 1.29 is 17.6 Å². The van der Waals surface area contributed by atoms with Crippen LogP contribution in [0.3, 0.4) is 0 Å². The van der Waals surface area contributed by atoms with Gasteiger partial charge >= 0.3 is 10.2 Å². The molecule has 0 amide bonds. The summed E-state index contributed by atoms with van der Waals surface area (Å²) in [5.41, 5.74) is 0.702. The van der Waals surface area contributed by atoms with Crippen LogP contribution in [0, 0.1) is 6.92 Å². The average molecular weight is 297 g/mol. The maximum absolute atomic E-state index is 11.4. The first-order valence-electron chi connectivity index (χ1n) is 5.79. The molecule has 1 N–H and O–H groups in total. The van der Waals surface area contributed by atoms with E-state index in [1.807, 2.05) is 6.92 Å². The second-order valence-electron chi connectivity index (χ2n) is 4.35. The van der Waals surface area contributed by atoms with Gasteiger partial charge in [0.15, 0.2) is 0 Å². The number of furan rings is 1. The molecule has 0 saturated carbocycles. The maximum atomic E-state index is 11.4. The van der Waals surface area contributed by atoms with Gasteiger partial charge in [-0.15, -0.1) is 4.40 Å². The van der Waals surface area contributed by atoms with Crippen LogP contribution in [-0.2, 0) is 14.9 Å². The lowest BCUT2D eigenvalue weighted by molar-refractivity contribution is 0.412. The molecule has 108 valence electrons. The summed E-state index contributed by atoms with van der Waals surface area (Å²) in [6.45, 7) is 7.43. The van der Waals surface area contributed by atoms with Gasteiger partial charge in [-0.1, -0.05) is 6.58 Å². The Bertz CT molecular complexity index is 700. The van der Waals surface area contributed by atoms with Gasteiger partial charge in [0.1, 0.15) is 17.6 Å². The van der Waals surface area contributed by atoms with Crippen molar-refractivity contribution in [2.45, 2.75) is 19.9 Å². The second kappa shape index (κ2) is 5.12. The number of nitrogens with zero attached hydrogens (tertiary/aromatic N) is 2. The first-order chi connectivity index (χ1) is 9.32. The molecule has 1 aromatic heterocycles. The van der Waals surface area contributed by atoms with Crippen LogP contribution in [0.2, 0.25) is 0 Å². The quantitative estimate of drug-likeness (QED) is 0.855. The van der Waals surface area contributed by atoms with Gasteiger partial charge in [-0.05, 0) is 31.6 Å². The summed E-state index contributed by atoms with van der Waals surface area (Å²) in [5, 5.41) is 0. The van der Waals surface area contributed by atoms with Crippen LogP contribution in [0.4, 0.5) is 0 Å². The standard InChI is InChI=1S/C12H15N3O4S/c1-7(2)10(9-6-5-8(3)19-9)13-11-12(18-4)15-20(16,17)14-11/h5-6,10H,1H2,2-4H3,(H,13,14)/t10-/m1/s1. The molecule has 20 heavy (non-hydrogen) atoms. The van der Waals surface area contributed by atoms with E-state index in [9.17, 15) is 8.42 Å². The largest absolute Gasteiger partial charge is 0.478 e. The Morgan fingerprint density at radius 2 is 2.25 bits per heavy atom. The van der Waals surface area contributed by atoms with Gasteiger partial charge in [-0.3, -0.25) is 0 Å². The van der Waals surface area contributed by atoms with Gasteiger partial charge in [0, 0.05) is 0 Å². The fraction of sp³-hybridized carbons (Fsp3) is 0.333. The van der Waals surface area contributed by atoms with Crippen LogP contribution in [0.5, 0.6) is 0 Å². The number of hydrogen-bond donors (Lipinski definition) is 1. The number of methoxy groups -OCH3 is 1. The molecule has 2 rings (SSSR count). The summed E-state index contributed by atoms with van der Waals surface area (Å²) in [5.74, 6) is 1.26. The lowest BCUT2D eigenvalue weighted by atomic mass is 10.1. The van der Waals surface area contributed by atoms with Crippen molar-refractivity contribution >= 4 is 21.9 Å². The predicted molar refractivity (Wildman–Crippen MR) is 74.9 cm³/mol. The summed E-state index contributed by atoms with van der Waals surface area (Å²) in [4.78, 5) is 4.28. The molecule has 8 heteroatoms. The normalized spacial score (nSPS) is 20.4. The zero-order chi connectivity index (χ0) is 14.9. The lowest BCUT2D eigenvalue weighted by Crippen LogP contribution is -2.28. The van der Waals surface area contributed by atoms with Crippen molar-refractivity contribution in [3.05, 3.63) is 35.8 Å². The molecule has 0 aliphatic carbocycles. The highest BCUT2D eigenvalue weighted by Crippen LogP contribution is 2.27. The smallest absolute Gasteiger partial charge is 0.347 e. The fourth-order valence-corrected chi connectivity index (χ4v) is 2.51. The minimum absolute atomic E-state index is 0.0366. The summed E-state index contributed by atoms with van der Waals surface area (Å²) >= 11 is 0. The Balaban J connectivity index is 2.41. The topological polar surface area (TPSA) is 93.3 Å². The Morgan fingerprint density at radius 3 is 2.75 bits per heavy atom. The SMILES string of the molecule is C=C(C)[C@@H](N=C1NS(=O)(=O)N=C1OC)c1ccc(C)o1. The van der Waals surface area contributed by atoms with Gasteiger partial charge in [0.05, 0.1) is 7.11 Å². The molecule has 0 unspecified atom stereocenters. The monoisotopic (exact) mass is 297 g/mol. The second-order valence-corrected chi connectivity index (χ2v) is 5.69. The molecule has 0 bridgehead atoms. The van der Waals surface area contributed by atoms with Gasteiger partial charge in [0.2, 0.25) is 5.84 Å². The molecule has 0 saturated heterocycles. The highest BCUT2D eigenvalue weighted by Gasteiger charge is 2.29. The third-order valence-electron chi connectivity index (χ3n) is 2.58. The van der Waals surface area contributed by atoms with Crippen molar-refractivity contribution in [1.82, 2.24) is 4.72 Å². The summed E-state index contributed by atoms with van der Waals surface area (Å²) in [6, 6.07) is 3.06. The summed E-state index contributed by atoms with van der Waals surface area (Å²) in [6.07, 6.45) is 0. The van der Waals surface area contributed by atoms with Crippen molar-refractivity contribution in [3.63, 3.8) is 0 Å². The van der Waals surface area contributed by atoms with E-state index in [1.54, 1.807) is 19.1 Å². The van der Waals surface area contributed by atoms with E-state index in [0.717, 1.165) is 5.76 Å². The molecule has 0 radical (unpaired) electrons. The number of ether oxygens (including phenoxy) is 1. The van der Waals surface area contributed by atoms with Crippen molar-refractivity contribution in [2.75, 3.05) is 7.11 Å². The van der Waals surface area contributed by atoms with Crippen molar-refractivity contribution in [1.29, 1.82) is 0 Å². The predicted octanol–water partition coefficient (Wildman–Crippen LogP) is 1.50. The fourth-order valence-electron chi connectivity index (χ4n) is 1.70. The van der Waals surface area contributed by atoms with Crippen LogP contribution < -0.4 is 4.72 Å². The van der Waals surface area contributed by atoms with E-state index >= 15 is 0 Å². The van der Waals surface area contributed by atoms with Gasteiger partial charge in [-0.2, -0.15) is 8.42 Å². The van der Waals surface area contributed by atoms with E-state index in [0.29, 0.717) is 11.3 Å². The number of aliphatic imine (C=N–C) groups is 1. The molecule has 0 aromatic carbocycles. The molecule has 1 aromatic rings. The average Bonchev–Trinajstić information content (AvgIpc) is 2.89. The van der Waals surface area contributed by atoms with Crippen molar-refractivity contribution in [2.24, 2.45) is 9.39 Å². The van der Waals surface area contributed by atoms with Gasteiger partial charge in [-0.25, -0.2) is 9.71 Å². The number of amidine groups is 1. The molecule has 7 nitrogen and oxygen atoms in total. The van der Waals surface area contributed by atoms with E-state index < -0.39 is 16.3 Å². The number of rotatable bonds is 3. The van der Waals surface area contributed by atoms with Crippen LogP contribution >= 0.6 is 0 Å². The Kier molecular flexibility index (Phi) is 3.67. The molecule has 1 aliphatic heterocycles. The zero-order valence-corrected chi connectivity index (χ0v) is 12.2.